The number of thioether (sulfide) groups is 1. The van der Waals surface area contributed by atoms with Crippen LogP contribution in [0.25, 0.3) is 10.9 Å². The molecule has 3 rings (SSSR count). The normalized spacial score (nSPS) is 12.5. The minimum Gasteiger partial charge on any atom is -0.309 e. The highest BCUT2D eigenvalue weighted by Crippen LogP contribution is 2.34. The molecule has 0 amide bonds. The Balaban J connectivity index is 1.97. The van der Waals surface area contributed by atoms with Crippen molar-refractivity contribution in [2.24, 2.45) is 0 Å². The van der Waals surface area contributed by atoms with Gasteiger partial charge in [0, 0.05) is 4.90 Å². The Bertz CT molecular complexity index is 847. The molecule has 1 heterocycles. The molecule has 3 aromatic rings. The predicted octanol–water partition coefficient (Wildman–Crippen LogP) is 3.92. The summed E-state index contributed by atoms with van der Waals surface area (Å²) >= 11 is 1.33. The van der Waals surface area contributed by atoms with Gasteiger partial charge in [0.2, 0.25) is 0 Å². The van der Waals surface area contributed by atoms with E-state index >= 15 is 0 Å². The van der Waals surface area contributed by atoms with Crippen LogP contribution in [-0.2, 0) is 0 Å². The first-order valence-corrected chi connectivity index (χ1v) is 7.43. The highest BCUT2D eigenvalue weighted by molar-refractivity contribution is 7.99. The van der Waals surface area contributed by atoms with Gasteiger partial charge in [-0.25, -0.2) is 9.37 Å². The first kappa shape index (κ1) is 13.8. The number of aromatic amines is 1. The van der Waals surface area contributed by atoms with Crippen molar-refractivity contribution in [3.63, 3.8) is 0 Å². The van der Waals surface area contributed by atoms with E-state index in [0.29, 0.717) is 21.6 Å². The molecule has 0 aliphatic rings. The Morgan fingerprint density at radius 3 is 2.67 bits per heavy atom. The monoisotopic (exact) mass is 300 g/mol. The number of halogens is 1. The van der Waals surface area contributed by atoms with Crippen LogP contribution in [0.3, 0.4) is 0 Å². The van der Waals surface area contributed by atoms with Crippen molar-refractivity contribution in [2.75, 3.05) is 0 Å². The fraction of sp³-hybridized carbons (Fsp3) is 0.125. The van der Waals surface area contributed by atoms with E-state index in [1.807, 2.05) is 13.0 Å². The van der Waals surface area contributed by atoms with E-state index < -0.39 is 0 Å². The highest BCUT2D eigenvalue weighted by Gasteiger charge is 2.14. The number of aromatic nitrogens is 2. The number of H-pyrrole nitrogens is 1. The number of fused-ring (bicyclic) bond motifs is 1. The fourth-order valence-electron chi connectivity index (χ4n) is 2.08. The van der Waals surface area contributed by atoms with Gasteiger partial charge in [0.15, 0.2) is 0 Å². The highest BCUT2D eigenvalue weighted by atomic mass is 32.2. The summed E-state index contributed by atoms with van der Waals surface area (Å²) in [7, 11) is 0. The molecule has 0 saturated heterocycles. The smallest absolute Gasteiger partial charge is 0.258 e. The lowest BCUT2D eigenvalue weighted by Gasteiger charge is -2.11. The zero-order chi connectivity index (χ0) is 14.8. The average molecular weight is 300 g/mol. The number of hydrogen-bond acceptors (Lipinski definition) is 3. The van der Waals surface area contributed by atoms with Crippen molar-refractivity contribution in [1.82, 2.24) is 9.97 Å². The second kappa shape index (κ2) is 5.69. The van der Waals surface area contributed by atoms with Crippen molar-refractivity contribution >= 4 is 22.7 Å². The molecular weight excluding hydrogens is 287 g/mol. The molecule has 2 aromatic carbocycles. The lowest BCUT2D eigenvalue weighted by atomic mass is 10.2. The van der Waals surface area contributed by atoms with Crippen LogP contribution in [0.2, 0.25) is 0 Å². The van der Waals surface area contributed by atoms with Crippen LogP contribution in [0.15, 0.2) is 58.2 Å². The molecule has 0 bridgehead atoms. The number of nitrogens with zero attached hydrogens (tertiary/aromatic N) is 1. The Morgan fingerprint density at radius 1 is 1.14 bits per heavy atom. The van der Waals surface area contributed by atoms with Gasteiger partial charge in [-0.05, 0) is 31.2 Å². The van der Waals surface area contributed by atoms with E-state index in [1.165, 1.54) is 17.8 Å². The van der Waals surface area contributed by atoms with Gasteiger partial charge in [-0.15, -0.1) is 11.8 Å². The number of benzene rings is 2. The number of hydrogen-bond donors (Lipinski definition) is 1. The molecule has 0 spiro atoms. The van der Waals surface area contributed by atoms with Crippen LogP contribution in [0, 0.1) is 5.82 Å². The minimum absolute atomic E-state index is 0.154. The summed E-state index contributed by atoms with van der Waals surface area (Å²) in [4.78, 5) is 19.8. The van der Waals surface area contributed by atoms with Gasteiger partial charge in [-0.1, -0.05) is 24.3 Å². The molecule has 1 aromatic heterocycles. The van der Waals surface area contributed by atoms with Crippen LogP contribution in [-0.4, -0.2) is 9.97 Å². The summed E-state index contributed by atoms with van der Waals surface area (Å²) < 4.78 is 13.7. The largest absolute Gasteiger partial charge is 0.309 e. The summed E-state index contributed by atoms with van der Waals surface area (Å²) in [6.45, 7) is 1.89. The zero-order valence-electron chi connectivity index (χ0n) is 11.3. The first-order valence-electron chi connectivity index (χ1n) is 6.55. The van der Waals surface area contributed by atoms with Gasteiger partial charge in [-0.2, -0.15) is 0 Å². The maximum atomic E-state index is 13.7. The molecule has 0 aliphatic heterocycles. The van der Waals surface area contributed by atoms with E-state index in [0.717, 1.165) is 0 Å². The lowest BCUT2D eigenvalue weighted by Crippen LogP contribution is -2.12. The Morgan fingerprint density at radius 2 is 1.86 bits per heavy atom. The van der Waals surface area contributed by atoms with Crippen LogP contribution in [0.4, 0.5) is 4.39 Å². The molecule has 0 aliphatic carbocycles. The minimum atomic E-state index is -0.266. The SMILES string of the molecule is CC(Sc1ccccc1F)c1nc2ccccc2c(=O)[nH]1. The summed E-state index contributed by atoms with van der Waals surface area (Å²) in [6.07, 6.45) is 0. The summed E-state index contributed by atoms with van der Waals surface area (Å²) in [5, 5.41) is 0.406. The molecule has 21 heavy (non-hydrogen) atoms. The summed E-state index contributed by atoms with van der Waals surface area (Å²) in [6, 6.07) is 13.8. The van der Waals surface area contributed by atoms with Gasteiger partial charge >= 0.3 is 0 Å². The van der Waals surface area contributed by atoms with Crippen molar-refractivity contribution in [3.05, 3.63) is 70.5 Å². The molecule has 1 unspecified atom stereocenters. The maximum absolute atomic E-state index is 13.7. The average Bonchev–Trinajstić information content (AvgIpc) is 2.49. The van der Waals surface area contributed by atoms with Crippen LogP contribution in [0.5, 0.6) is 0 Å². The second-order valence-electron chi connectivity index (χ2n) is 4.66. The standard InChI is InChI=1S/C16H13FN2OS/c1-10(21-14-9-5-3-7-12(14)17)15-18-13-8-4-2-6-11(13)16(20)19-15/h2-10H,1H3,(H,18,19,20). The van der Waals surface area contributed by atoms with Gasteiger partial charge in [0.05, 0.1) is 16.2 Å². The number of rotatable bonds is 3. The van der Waals surface area contributed by atoms with E-state index in [1.54, 1.807) is 36.4 Å². The molecule has 1 atom stereocenters. The van der Waals surface area contributed by atoms with Gasteiger partial charge in [-0.3, -0.25) is 4.79 Å². The number of para-hydroxylation sites is 1. The van der Waals surface area contributed by atoms with E-state index in [9.17, 15) is 9.18 Å². The Hall–Kier alpha value is -2.14. The van der Waals surface area contributed by atoms with Crippen LogP contribution >= 0.6 is 11.8 Å². The van der Waals surface area contributed by atoms with Crippen LogP contribution in [0.1, 0.15) is 18.0 Å². The molecule has 0 radical (unpaired) electrons. The third kappa shape index (κ3) is 2.83. The van der Waals surface area contributed by atoms with Crippen molar-refractivity contribution in [1.29, 1.82) is 0 Å². The topological polar surface area (TPSA) is 45.8 Å². The van der Waals surface area contributed by atoms with Gasteiger partial charge in [0.1, 0.15) is 11.6 Å². The molecule has 3 nitrogen and oxygen atoms in total. The quantitative estimate of drug-likeness (QED) is 0.746. The Labute approximate surface area is 125 Å². The van der Waals surface area contributed by atoms with E-state index in [2.05, 4.69) is 9.97 Å². The molecular formula is C16H13FN2OS. The summed E-state index contributed by atoms with van der Waals surface area (Å²) in [5.74, 6) is 0.282. The maximum Gasteiger partial charge on any atom is 0.258 e. The third-order valence-corrected chi connectivity index (χ3v) is 4.32. The molecule has 0 saturated carbocycles. The fourth-order valence-corrected chi connectivity index (χ4v) is 3.03. The van der Waals surface area contributed by atoms with Crippen molar-refractivity contribution in [3.8, 4) is 0 Å². The Kier molecular flexibility index (Phi) is 3.75. The summed E-state index contributed by atoms with van der Waals surface area (Å²) in [5.41, 5.74) is 0.480. The van der Waals surface area contributed by atoms with E-state index in [4.69, 9.17) is 0 Å². The third-order valence-electron chi connectivity index (χ3n) is 3.16. The molecule has 5 heteroatoms. The number of nitrogens with one attached hydrogen (secondary N) is 1. The second-order valence-corrected chi connectivity index (χ2v) is 6.04. The predicted molar refractivity (Wildman–Crippen MR) is 83.0 cm³/mol. The lowest BCUT2D eigenvalue weighted by molar-refractivity contribution is 0.601. The van der Waals surface area contributed by atoms with Gasteiger partial charge < -0.3 is 4.98 Å². The van der Waals surface area contributed by atoms with Gasteiger partial charge in [0.25, 0.3) is 5.56 Å². The first-order chi connectivity index (χ1) is 10.1. The van der Waals surface area contributed by atoms with Crippen LogP contribution < -0.4 is 5.56 Å². The molecule has 106 valence electrons. The zero-order valence-corrected chi connectivity index (χ0v) is 12.2. The van der Waals surface area contributed by atoms with Crippen molar-refractivity contribution < 1.29 is 4.39 Å². The van der Waals surface area contributed by atoms with E-state index in [-0.39, 0.29) is 16.6 Å². The molecule has 0 fully saturated rings. The molecule has 1 N–H and O–H groups in total. The van der Waals surface area contributed by atoms with Crippen molar-refractivity contribution in [2.45, 2.75) is 17.1 Å².